The molecule has 0 saturated carbocycles. The second-order valence-electron chi connectivity index (χ2n) is 21.4. The smallest absolute Gasteiger partial charge is 0.138 e. The first-order valence-corrected chi connectivity index (χ1v) is 27.6. The largest absolute Gasteiger partial charge is 0.293 e. The molecule has 4 heterocycles. The number of benzene rings is 9. The number of allylic oxidation sites excluding steroid dienone is 4. The van der Waals surface area contributed by atoms with Crippen LogP contribution >= 0.6 is 0 Å². The second-order valence-corrected chi connectivity index (χ2v) is 21.4. The molecule has 0 radical (unpaired) electrons. The highest BCUT2D eigenvalue weighted by atomic mass is 15.1. The van der Waals surface area contributed by atoms with Gasteiger partial charge in [0.1, 0.15) is 11.6 Å². The van der Waals surface area contributed by atoms with Gasteiger partial charge in [-0.3, -0.25) is 9.13 Å². The van der Waals surface area contributed by atoms with E-state index in [9.17, 15) is 0 Å². The minimum atomic E-state index is 0.922. The van der Waals surface area contributed by atoms with Crippen molar-refractivity contribution in [3.8, 4) is 78.7 Å². The van der Waals surface area contributed by atoms with Crippen molar-refractivity contribution < 1.29 is 0 Å². The van der Waals surface area contributed by atoms with Gasteiger partial charge in [-0.1, -0.05) is 182 Å². The molecule has 0 saturated heterocycles. The quantitative estimate of drug-likeness (QED) is 0.152. The van der Waals surface area contributed by atoms with E-state index in [1.807, 2.05) is 0 Å². The zero-order chi connectivity index (χ0) is 51.3. The molecule has 4 nitrogen and oxygen atoms in total. The summed E-state index contributed by atoms with van der Waals surface area (Å²) < 4.78 is 5.05. The summed E-state index contributed by atoms with van der Waals surface area (Å²) in [7, 11) is 0. The van der Waals surface area contributed by atoms with Gasteiger partial charge in [0.25, 0.3) is 0 Å². The molecule has 3 aliphatic rings. The number of fused-ring (bicyclic) bond motifs is 8. The van der Waals surface area contributed by atoms with Crippen molar-refractivity contribution in [2.75, 3.05) is 0 Å². The molecule has 0 atom stereocenters. The summed E-state index contributed by atoms with van der Waals surface area (Å²) in [6, 6.07) is 82.4. The number of aryl methyl sites for hydroxylation is 4. The molecule has 0 unspecified atom stereocenters. The number of nitrogens with zero attached hydrogens (tertiary/aromatic N) is 4. The Morgan fingerprint density at radius 1 is 0.321 bits per heavy atom. The van der Waals surface area contributed by atoms with E-state index in [1.54, 1.807) is 0 Å². The van der Waals surface area contributed by atoms with Crippen LogP contribution in [0.25, 0.3) is 128 Å². The van der Waals surface area contributed by atoms with Crippen LogP contribution in [0.5, 0.6) is 0 Å². The summed E-state index contributed by atoms with van der Waals surface area (Å²) in [5.74, 6) is 1.88. The van der Waals surface area contributed by atoms with Gasteiger partial charge < -0.3 is 0 Å². The first-order chi connectivity index (χ1) is 38.7. The molecular formula is C74H52N4. The van der Waals surface area contributed by atoms with Gasteiger partial charge in [-0.15, -0.1) is 0 Å². The topological polar surface area (TPSA) is 35.6 Å². The van der Waals surface area contributed by atoms with Crippen LogP contribution < -0.4 is 0 Å². The molecule has 4 heteroatoms. The predicted octanol–water partition coefficient (Wildman–Crippen LogP) is 18.6. The summed E-state index contributed by atoms with van der Waals surface area (Å²) >= 11 is 0. The Balaban J connectivity index is 0.995. The minimum absolute atomic E-state index is 0.922. The molecule has 4 aromatic heterocycles. The molecule has 0 spiro atoms. The summed E-state index contributed by atoms with van der Waals surface area (Å²) in [5, 5.41) is 5.11. The molecule has 0 bridgehead atoms. The van der Waals surface area contributed by atoms with E-state index in [0.29, 0.717) is 0 Å². The predicted molar refractivity (Wildman–Crippen MR) is 324 cm³/mol. The Labute approximate surface area is 453 Å². The third kappa shape index (κ3) is 7.20. The zero-order valence-electron chi connectivity index (χ0n) is 43.1. The fourth-order valence-corrected chi connectivity index (χ4v) is 13.4. The van der Waals surface area contributed by atoms with Crippen LogP contribution in [0.1, 0.15) is 40.7 Å². The molecule has 0 N–H and O–H groups in total. The van der Waals surface area contributed by atoms with Crippen LogP contribution in [0, 0.1) is 0 Å². The summed E-state index contributed by atoms with van der Waals surface area (Å²) in [6.45, 7) is 0. The maximum absolute atomic E-state index is 5.67. The Morgan fingerprint density at radius 2 is 0.744 bits per heavy atom. The van der Waals surface area contributed by atoms with Crippen molar-refractivity contribution in [3.05, 3.63) is 271 Å². The lowest BCUT2D eigenvalue weighted by atomic mass is 9.74. The minimum Gasteiger partial charge on any atom is -0.293 e. The van der Waals surface area contributed by atoms with E-state index in [2.05, 4.69) is 252 Å². The van der Waals surface area contributed by atoms with Crippen LogP contribution in [0.3, 0.4) is 0 Å². The van der Waals surface area contributed by atoms with E-state index in [-0.39, 0.29) is 0 Å². The Morgan fingerprint density at radius 3 is 1.19 bits per heavy atom. The summed E-state index contributed by atoms with van der Waals surface area (Å²) in [6.07, 6.45) is 12.5. The lowest BCUT2D eigenvalue weighted by Crippen LogP contribution is -2.16. The van der Waals surface area contributed by atoms with Crippen LogP contribution in [0.2, 0.25) is 0 Å². The third-order valence-corrected chi connectivity index (χ3v) is 16.9. The highest BCUT2D eigenvalue weighted by Gasteiger charge is 2.34. The molecule has 0 amide bonds. The lowest BCUT2D eigenvalue weighted by molar-refractivity contribution is 0.881. The van der Waals surface area contributed by atoms with Gasteiger partial charge in [0.2, 0.25) is 0 Å². The van der Waals surface area contributed by atoms with E-state index in [0.717, 1.165) is 78.2 Å². The van der Waals surface area contributed by atoms with Gasteiger partial charge in [0.05, 0.1) is 33.5 Å². The molecule has 9 aromatic carbocycles. The van der Waals surface area contributed by atoms with Crippen molar-refractivity contribution >= 4 is 49.2 Å². The van der Waals surface area contributed by atoms with Crippen molar-refractivity contribution in [1.29, 1.82) is 0 Å². The van der Waals surface area contributed by atoms with Crippen LogP contribution in [-0.2, 0) is 25.7 Å². The first-order valence-electron chi connectivity index (χ1n) is 27.6. The van der Waals surface area contributed by atoms with Crippen LogP contribution in [0.15, 0.2) is 243 Å². The number of aromatic nitrogens is 4. The third-order valence-electron chi connectivity index (χ3n) is 16.9. The Hall–Kier alpha value is -9.64. The van der Waals surface area contributed by atoms with Gasteiger partial charge in [0.15, 0.2) is 0 Å². The highest BCUT2D eigenvalue weighted by molar-refractivity contribution is 6.17. The molecule has 3 aliphatic carbocycles. The second kappa shape index (κ2) is 18.0. The average molecular weight is 997 g/mol. The summed E-state index contributed by atoms with van der Waals surface area (Å²) in [5.41, 5.74) is 27.3. The van der Waals surface area contributed by atoms with Crippen LogP contribution in [-0.4, -0.2) is 19.1 Å². The normalized spacial score (nSPS) is 13.6. The SMILES string of the molecule is C1=CCCC(c2cc(-c3ccccc3)nc(-n3c4ccc(-c5ccccc5)cc4c4cc5c6c(c43)CCc3cc4c7cc(-c8ccccc8)ccc7n(-c7cc(-c8ccccc8)cc(-c8ccccc8)n7)c4c(c3-6)CC5)c2)=C1. The van der Waals surface area contributed by atoms with Gasteiger partial charge in [-0.05, 0) is 177 Å². The van der Waals surface area contributed by atoms with Gasteiger partial charge in [-0.25, -0.2) is 9.97 Å². The molecule has 0 fully saturated rings. The van der Waals surface area contributed by atoms with E-state index in [1.165, 1.54) is 116 Å². The number of pyridine rings is 2. The van der Waals surface area contributed by atoms with E-state index < -0.39 is 0 Å². The molecule has 13 aromatic rings. The van der Waals surface area contributed by atoms with Crippen LogP contribution in [0.4, 0.5) is 0 Å². The molecule has 16 rings (SSSR count). The highest BCUT2D eigenvalue weighted by Crippen LogP contribution is 2.52. The van der Waals surface area contributed by atoms with Gasteiger partial charge in [0, 0.05) is 32.7 Å². The van der Waals surface area contributed by atoms with E-state index in [4.69, 9.17) is 9.97 Å². The van der Waals surface area contributed by atoms with Crippen molar-refractivity contribution in [1.82, 2.24) is 19.1 Å². The number of rotatable bonds is 8. The molecule has 0 aliphatic heterocycles. The van der Waals surface area contributed by atoms with Crippen molar-refractivity contribution in [3.63, 3.8) is 0 Å². The fraction of sp³-hybridized carbons (Fsp3) is 0.0811. The fourth-order valence-electron chi connectivity index (χ4n) is 13.4. The molecule has 78 heavy (non-hydrogen) atoms. The summed E-state index contributed by atoms with van der Waals surface area (Å²) in [4.78, 5) is 11.3. The Bertz CT molecular complexity index is 4560. The lowest BCUT2D eigenvalue weighted by Gasteiger charge is -2.31. The maximum Gasteiger partial charge on any atom is 0.138 e. The van der Waals surface area contributed by atoms with E-state index >= 15 is 0 Å². The standard InChI is InChI=1S/C74H52N4/c1-7-19-47(20-8-1)53-33-37-67-61(39-53)63-41-55-31-36-60-72-56(32-35-59(71(55)72)73(63)77(67)69-45-57(49-23-11-3-12-24-49)43-65(75-69)51-27-15-5-16-28-51)42-64-62-40-54(48-21-9-2-10-22-48)34-38-68(62)78(74(60)64)70-46-58(50-25-13-4-14-26-50)44-66(76-70)52-29-17-6-18-30-52/h1-13,15-25,27-30,33-34,37-46H,14,26,31-32,35-36H2. The van der Waals surface area contributed by atoms with Gasteiger partial charge >= 0.3 is 0 Å². The maximum atomic E-state index is 5.67. The van der Waals surface area contributed by atoms with Crippen molar-refractivity contribution in [2.24, 2.45) is 0 Å². The number of hydrogen-bond acceptors (Lipinski definition) is 2. The van der Waals surface area contributed by atoms with Gasteiger partial charge in [-0.2, -0.15) is 0 Å². The first kappa shape index (κ1) is 44.6. The molecule has 368 valence electrons. The van der Waals surface area contributed by atoms with Crippen molar-refractivity contribution in [2.45, 2.75) is 38.5 Å². The average Bonchev–Trinajstić information content (AvgIpc) is 4.16. The molecular weight excluding hydrogens is 945 g/mol. The Kier molecular flexibility index (Phi) is 10.3. The monoisotopic (exact) mass is 996 g/mol. The number of hydrogen-bond donors (Lipinski definition) is 0. The zero-order valence-corrected chi connectivity index (χ0v) is 43.1.